The van der Waals surface area contributed by atoms with Gasteiger partial charge in [-0.05, 0) is 18.2 Å². The molecule has 4 nitrogen and oxygen atoms in total. The molecule has 0 saturated carbocycles. The molecule has 0 bridgehead atoms. The van der Waals surface area contributed by atoms with Crippen molar-refractivity contribution in [2.24, 2.45) is 5.73 Å². The van der Waals surface area contributed by atoms with Gasteiger partial charge >= 0.3 is 0 Å². The molecule has 2 aromatic carbocycles. The first-order valence-corrected chi connectivity index (χ1v) is 7.69. The zero-order valence-electron chi connectivity index (χ0n) is 11.2. The lowest BCUT2D eigenvalue weighted by molar-refractivity contribution is 0.275. The van der Waals surface area contributed by atoms with Crippen LogP contribution in [0, 0.1) is 0 Å². The Hall–Kier alpha value is -1.98. The molecule has 1 aliphatic heterocycles. The lowest BCUT2D eigenvalue weighted by Gasteiger charge is -2.29. The number of ether oxygens (including phenoxy) is 1. The molecule has 0 amide bonds. The number of hydrogen-bond donors (Lipinski definition) is 1. The molecule has 0 fully saturated rings. The van der Waals surface area contributed by atoms with E-state index in [2.05, 4.69) is 4.98 Å². The van der Waals surface area contributed by atoms with E-state index in [1.165, 1.54) is 11.8 Å². The molecule has 0 spiro atoms. The zero-order valence-corrected chi connectivity index (χ0v) is 12.0. The zero-order chi connectivity index (χ0) is 14.2. The molecular formula is C16H14N2O2S. The third kappa shape index (κ3) is 2.28. The number of hydrogen-bond acceptors (Lipinski definition) is 5. The van der Waals surface area contributed by atoms with Crippen LogP contribution in [0.3, 0.4) is 0 Å². The van der Waals surface area contributed by atoms with Crippen LogP contribution in [-0.4, -0.2) is 16.8 Å². The number of aromatic nitrogens is 1. The SMILES string of the molecule is NC1c2ccccc2OCC1Sc1nc2ccccc2o1. The monoisotopic (exact) mass is 298 g/mol. The van der Waals surface area contributed by atoms with E-state index in [1.807, 2.05) is 48.5 Å². The van der Waals surface area contributed by atoms with Crippen molar-refractivity contribution in [3.63, 3.8) is 0 Å². The van der Waals surface area contributed by atoms with Crippen LogP contribution in [0.4, 0.5) is 0 Å². The van der Waals surface area contributed by atoms with Crippen molar-refractivity contribution in [3.05, 3.63) is 54.1 Å². The first-order chi connectivity index (χ1) is 10.3. The van der Waals surface area contributed by atoms with Crippen LogP contribution in [0.15, 0.2) is 58.2 Å². The minimum absolute atomic E-state index is 0.0880. The summed E-state index contributed by atoms with van der Waals surface area (Å²) in [6.45, 7) is 0.557. The van der Waals surface area contributed by atoms with E-state index in [9.17, 15) is 0 Å². The van der Waals surface area contributed by atoms with E-state index in [4.69, 9.17) is 14.9 Å². The van der Waals surface area contributed by atoms with Gasteiger partial charge in [0.2, 0.25) is 0 Å². The van der Waals surface area contributed by atoms with E-state index < -0.39 is 0 Å². The Morgan fingerprint density at radius 2 is 1.90 bits per heavy atom. The summed E-state index contributed by atoms with van der Waals surface area (Å²) in [5, 5.41) is 0.729. The first kappa shape index (κ1) is 12.7. The van der Waals surface area contributed by atoms with Crippen molar-refractivity contribution < 1.29 is 9.15 Å². The first-order valence-electron chi connectivity index (χ1n) is 6.81. The van der Waals surface area contributed by atoms with Gasteiger partial charge in [-0.25, -0.2) is 4.98 Å². The highest BCUT2D eigenvalue weighted by Crippen LogP contribution is 2.38. The van der Waals surface area contributed by atoms with E-state index in [0.717, 1.165) is 22.4 Å². The highest BCUT2D eigenvalue weighted by atomic mass is 32.2. The minimum atomic E-state index is -0.0880. The lowest BCUT2D eigenvalue weighted by atomic mass is 10.0. The van der Waals surface area contributed by atoms with Crippen molar-refractivity contribution in [1.29, 1.82) is 0 Å². The lowest BCUT2D eigenvalue weighted by Crippen LogP contribution is -2.33. The normalized spacial score (nSPS) is 21.0. The van der Waals surface area contributed by atoms with Crippen molar-refractivity contribution in [3.8, 4) is 5.75 Å². The van der Waals surface area contributed by atoms with Crippen LogP contribution in [-0.2, 0) is 0 Å². The van der Waals surface area contributed by atoms with Crippen molar-refractivity contribution >= 4 is 22.9 Å². The smallest absolute Gasteiger partial charge is 0.257 e. The predicted molar refractivity (Wildman–Crippen MR) is 82.5 cm³/mol. The van der Waals surface area contributed by atoms with Crippen LogP contribution in [0.5, 0.6) is 5.75 Å². The third-order valence-electron chi connectivity index (χ3n) is 3.61. The number of nitrogens with two attached hydrogens (primary N) is 1. The maximum atomic E-state index is 6.36. The molecule has 0 aliphatic carbocycles. The number of benzene rings is 2. The average molecular weight is 298 g/mol. The fourth-order valence-corrected chi connectivity index (χ4v) is 3.48. The predicted octanol–water partition coefficient (Wildman–Crippen LogP) is 3.38. The Labute approximate surface area is 126 Å². The fourth-order valence-electron chi connectivity index (χ4n) is 2.50. The summed E-state index contributed by atoms with van der Waals surface area (Å²) in [4.78, 5) is 4.48. The quantitative estimate of drug-likeness (QED) is 0.786. The summed E-state index contributed by atoms with van der Waals surface area (Å²) in [5.41, 5.74) is 9.06. The highest BCUT2D eigenvalue weighted by molar-refractivity contribution is 7.99. The molecule has 21 heavy (non-hydrogen) atoms. The van der Waals surface area contributed by atoms with Gasteiger partial charge in [-0.1, -0.05) is 42.1 Å². The molecule has 5 heteroatoms. The second-order valence-electron chi connectivity index (χ2n) is 4.98. The average Bonchev–Trinajstić information content (AvgIpc) is 2.93. The molecule has 0 radical (unpaired) electrons. The number of fused-ring (bicyclic) bond motifs is 2. The van der Waals surface area contributed by atoms with Crippen LogP contribution in [0.25, 0.3) is 11.1 Å². The van der Waals surface area contributed by atoms with Crippen molar-refractivity contribution in [2.45, 2.75) is 16.5 Å². The van der Waals surface area contributed by atoms with Crippen LogP contribution in [0.1, 0.15) is 11.6 Å². The Bertz CT molecular complexity index is 754. The van der Waals surface area contributed by atoms with Gasteiger partial charge in [0, 0.05) is 11.6 Å². The Balaban J connectivity index is 1.60. The van der Waals surface area contributed by atoms with Gasteiger partial charge in [0.25, 0.3) is 5.22 Å². The van der Waals surface area contributed by atoms with E-state index in [1.54, 1.807) is 0 Å². The molecular weight excluding hydrogens is 284 g/mol. The molecule has 2 atom stereocenters. The number of thioether (sulfide) groups is 1. The maximum Gasteiger partial charge on any atom is 0.257 e. The third-order valence-corrected chi connectivity index (χ3v) is 4.72. The van der Waals surface area contributed by atoms with Gasteiger partial charge in [-0.3, -0.25) is 0 Å². The number of rotatable bonds is 2. The molecule has 1 aromatic heterocycles. The van der Waals surface area contributed by atoms with Gasteiger partial charge in [0.1, 0.15) is 17.9 Å². The highest BCUT2D eigenvalue weighted by Gasteiger charge is 2.30. The van der Waals surface area contributed by atoms with Gasteiger partial charge < -0.3 is 14.9 Å². The summed E-state index contributed by atoms with van der Waals surface area (Å²) < 4.78 is 11.5. The molecule has 1 aliphatic rings. The van der Waals surface area contributed by atoms with Crippen LogP contribution in [0.2, 0.25) is 0 Å². The molecule has 106 valence electrons. The van der Waals surface area contributed by atoms with Gasteiger partial charge in [0.05, 0.1) is 5.25 Å². The Morgan fingerprint density at radius 1 is 1.10 bits per heavy atom. The topological polar surface area (TPSA) is 61.3 Å². The second kappa shape index (κ2) is 5.09. The maximum absolute atomic E-state index is 6.36. The van der Waals surface area contributed by atoms with E-state index >= 15 is 0 Å². The van der Waals surface area contributed by atoms with Crippen molar-refractivity contribution in [2.75, 3.05) is 6.61 Å². The molecule has 0 saturated heterocycles. The summed E-state index contributed by atoms with van der Waals surface area (Å²) >= 11 is 1.53. The summed E-state index contributed by atoms with van der Waals surface area (Å²) in [5.74, 6) is 0.874. The van der Waals surface area contributed by atoms with Crippen molar-refractivity contribution in [1.82, 2.24) is 4.98 Å². The standard InChI is InChI=1S/C16H14N2O2S/c17-15-10-5-1-3-7-12(10)19-9-14(15)21-16-18-11-6-2-4-8-13(11)20-16/h1-8,14-15H,9,17H2. The Morgan fingerprint density at radius 3 is 2.81 bits per heavy atom. The minimum Gasteiger partial charge on any atom is -0.492 e. The Kier molecular flexibility index (Phi) is 3.09. The second-order valence-corrected chi connectivity index (χ2v) is 6.17. The summed E-state index contributed by atoms with van der Waals surface area (Å²) in [7, 11) is 0. The number of para-hydroxylation sites is 3. The molecule has 2 unspecified atom stereocenters. The van der Waals surface area contributed by atoms with Gasteiger partial charge in [-0.15, -0.1) is 0 Å². The molecule has 2 heterocycles. The largest absolute Gasteiger partial charge is 0.492 e. The summed E-state index contributed by atoms with van der Waals surface area (Å²) in [6.07, 6.45) is 0. The number of oxazole rings is 1. The number of nitrogens with zero attached hydrogens (tertiary/aromatic N) is 1. The van der Waals surface area contributed by atoms with Crippen LogP contribution >= 0.6 is 11.8 Å². The van der Waals surface area contributed by atoms with E-state index in [0.29, 0.717) is 11.8 Å². The molecule has 2 N–H and O–H groups in total. The molecule has 4 rings (SSSR count). The molecule has 3 aromatic rings. The fraction of sp³-hybridized carbons (Fsp3) is 0.188. The van der Waals surface area contributed by atoms with Crippen LogP contribution < -0.4 is 10.5 Å². The summed E-state index contributed by atoms with van der Waals surface area (Å²) in [6, 6.07) is 15.6. The van der Waals surface area contributed by atoms with Gasteiger partial charge in [0.15, 0.2) is 5.58 Å². The van der Waals surface area contributed by atoms with E-state index in [-0.39, 0.29) is 11.3 Å². The van der Waals surface area contributed by atoms with Gasteiger partial charge in [-0.2, -0.15) is 0 Å².